The molecule has 0 radical (unpaired) electrons. The molecule has 2 rings (SSSR count). The average molecular weight is 358 g/mol. The molecule has 128 valence electrons. The van der Waals surface area contributed by atoms with Gasteiger partial charge in [-0.05, 0) is 37.5 Å². The molecule has 1 aromatic rings. The summed E-state index contributed by atoms with van der Waals surface area (Å²) in [7, 11) is -1.22. The third-order valence-corrected chi connectivity index (χ3v) is 5.13. The van der Waals surface area contributed by atoms with Gasteiger partial charge in [0.05, 0.1) is 5.75 Å². The quantitative estimate of drug-likeness (QED) is 0.604. The number of nitrogens with one attached hydrogen (secondary N) is 2. The van der Waals surface area contributed by atoms with Crippen molar-refractivity contribution in [2.45, 2.75) is 37.8 Å². The Morgan fingerprint density at radius 3 is 2.83 bits per heavy atom. The number of halogens is 1. The van der Waals surface area contributed by atoms with Crippen LogP contribution in [0.4, 0.5) is 0 Å². The van der Waals surface area contributed by atoms with Crippen LogP contribution in [0.1, 0.15) is 31.2 Å². The number of benzene rings is 1. The average Bonchev–Trinajstić information content (AvgIpc) is 3.23. The molecule has 0 saturated heterocycles. The molecular weight excluding hydrogens is 334 g/mol. The minimum atomic E-state index is -2.93. The van der Waals surface area contributed by atoms with Gasteiger partial charge in [-0.15, -0.1) is 0 Å². The van der Waals surface area contributed by atoms with Crippen molar-refractivity contribution in [1.82, 2.24) is 10.6 Å². The van der Waals surface area contributed by atoms with Gasteiger partial charge in [-0.2, -0.15) is 0 Å². The minimum absolute atomic E-state index is 0.0410. The van der Waals surface area contributed by atoms with Gasteiger partial charge in [-0.25, -0.2) is 8.42 Å². The zero-order valence-electron chi connectivity index (χ0n) is 13.7. The predicted octanol–water partition coefficient (Wildman–Crippen LogP) is 2.18. The van der Waals surface area contributed by atoms with E-state index in [4.69, 9.17) is 11.6 Å². The summed E-state index contributed by atoms with van der Waals surface area (Å²) in [6, 6.07) is 8.30. The Hall–Kier alpha value is -1.27. The molecule has 0 aliphatic heterocycles. The number of rotatable bonds is 6. The fraction of sp³-hybridized carbons (Fsp3) is 0.562. The SMILES string of the molecule is CN=C(NC(C)CCS(C)(=O)=O)NC1CC1c1cccc(Cl)c1. The molecule has 5 nitrogen and oxygen atoms in total. The van der Waals surface area contributed by atoms with E-state index in [0.29, 0.717) is 24.3 Å². The Balaban J connectivity index is 1.82. The van der Waals surface area contributed by atoms with Gasteiger partial charge in [-0.3, -0.25) is 4.99 Å². The van der Waals surface area contributed by atoms with Gasteiger partial charge in [0.15, 0.2) is 5.96 Å². The molecular formula is C16H24ClN3O2S. The third-order valence-electron chi connectivity index (χ3n) is 3.92. The van der Waals surface area contributed by atoms with Crippen molar-refractivity contribution in [1.29, 1.82) is 0 Å². The van der Waals surface area contributed by atoms with Crippen LogP contribution in [-0.4, -0.2) is 45.5 Å². The molecule has 23 heavy (non-hydrogen) atoms. The first-order valence-corrected chi connectivity index (χ1v) is 10.2. The summed E-state index contributed by atoms with van der Waals surface area (Å²) >= 11 is 6.03. The van der Waals surface area contributed by atoms with Crippen molar-refractivity contribution in [2.75, 3.05) is 19.1 Å². The Bertz CT molecular complexity index is 676. The summed E-state index contributed by atoms with van der Waals surface area (Å²) in [5.41, 5.74) is 1.23. The van der Waals surface area contributed by atoms with E-state index in [1.165, 1.54) is 11.8 Å². The number of guanidine groups is 1. The number of hydrogen-bond acceptors (Lipinski definition) is 3. The number of nitrogens with zero attached hydrogens (tertiary/aromatic N) is 1. The Morgan fingerprint density at radius 2 is 2.22 bits per heavy atom. The zero-order valence-corrected chi connectivity index (χ0v) is 15.3. The molecule has 3 unspecified atom stereocenters. The van der Waals surface area contributed by atoms with Gasteiger partial charge < -0.3 is 10.6 Å². The van der Waals surface area contributed by atoms with Crippen LogP contribution in [0.2, 0.25) is 5.02 Å². The highest BCUT2D eigenvalue weighted by Gasteiger charge is 2.39. The monoisotopic (exact) mass is 357 g/mol. The molecule has 1 aliphatic rings. The van der Waals surface area contributed by atoms with Crippen molar-refractivity contribution in [2.24, 2.45) is 4.99 Å². The lowest BCUT2D eigenvalue weighted by molar-refractivity contribution is 0.581. The first kappa shape index (κ1) is 18.1. The van der Waals surface area contributed by atoms with E-state index in [1.54, 1.807) is 7.05 Å². The third kappa shape index (κ3) is 6.03. The Morgan fingerprint density at radius 1 is 1.48 bits per heavy atom. The van der Waals surface area contributed by atoms with Crippen LogP contribution >= 0.6 is 11.6 Å². The molecule has 1 aromatic carbocycles. The Labute approximate surface area is 143 Å². The minimum Gasteiger partial charge on any atom is -0.354 e. The molecule has 0 spiro atoms. The van der Waals surface area contributed by atoms with E-state index >= 15 is 0 Å². The van der Waals surface area contributed by atoms with E-state index < -0.39 is 9.84 Å². The summed E-state index contributed by atoms with van der Waals surface area (Å²) in [5, 5.41) is 7.38. The number of aliphatic imine (C=N–C) groups is 1. The van der Waals surface area contributed by atoms with Crippen molar-refractivity contribution in [3.05, 3.63) is 34.9 Å². The number of sulfone groups is 1. The van der Waals surface area contributed by atoms with Crippen LogP contribution in [0.25, 0.3) is 0 Å². The van der Waals surface area contributed by atoms with Gasteiger partial charge in [0, 0.05) is 36.3 Å². The second-order valence-electron chi connectivity index (χ2n) is 6.18. The van der Waals surface area contributed by atoms with E-state index in [0.717, 1.165) is 11.4 Å². The largest absolute Gasteiger partial charge is 0.354 e. The van der Waals surface area contributed by atoms with Crippen molar-refractivity contribution in [3.8, 4) is 0 Å². The molecule has 1 saturated carbocycles. The normalized spacial score (nSPS) is 22.5. The van der Waals surface area contributed by atoms with Crippen LogP contribution in [0.3, 0.4) is 0 Å². The summed E-state index contributed by atoms with van der Waals surface area (Å²) in [6.45, 7) is 1.96. The molecule has 7 heteroatoms. The highest BCUT2D eigenvalue weighted by atomic mass is 35.5. The summed E-state index contributed by atoms with van der Waals surface area (Å²) in [6.07, 6.45) is 2.85. The lowest BCUT2D eigenvalue weighted by atomic mass is 10.1. The molecule has 0 heterocycles. The fourth-order valence-electron chi connectivity index (χ4n) is 2.50. The van der Waals surface area contributed by atoms with Crippen LogP contribution in [-0.2, 0) is 9.84 Å². The predicted molar refractivity (Wildman–Crippen MR) is 96.0 cm³/mol. The highest BCUT2D eigenvalue weighted by molar-refractivity contribution is 7.90. The van der Waals surface area contributed by atoms with Crippen molar-refractivity contribution >= 4 is 27.4 Å². The molecule has 2 N–H and O–H groups in total. The van der Waals surface area contributed by atoms with Gasteiger partial charge in [0.1, 0.15) is 9.84 Å². The lowest BCUT2D eigenvalue weighted by Crippen LogP contribution is -2.44. The first-order valence-electron chi connectivity index (χ1n) is 7.71. The molecule has 1 fully saturated rings. The van der Waals surface area contributed by atoms with Gasteiger partial charge in [-0.1, -0.05) is 23.7 Å². The van der Waals surface area contributed by atoms with Crippen molar-refractivity contribution < 1.29 is 8.42 Å². The van der Waals surface area contributed by atoms with E-state index in [-0.39, 0.29) is 11.8 Å². The van der Waals surface area contributed by atoms with Gasteiger partial charge >= 0.3 is 0 Å². The standard InChI is InChI=1S/C16H24ClN3O2S/c1-11(7-8-23(3,21)22)19-16(18-2)20-15-10-14(15)12-5-4-6-13(17)9-12/h4-6,9,11,14-15H,7-8,10H2,1-3H3,(H2,18,19,20). The number of hydrogen-bond donors (Lipinski definition) is 2. The zero-order chi connectivity index (χ0) is 17.0. The topological polar surface area (TPSA) is 70.6 Å². The van der Waals surface area contributed by atoms with E-state index in [9.17, 15) is 8.42 Å². The van der Waals surface area contributed by atoms with Gasteiger partial charge in [0.2, 0.25) is 0 Å². The summed E-state index contributed by atoms with van der Waals surface area (Å²) < 4.78 is 22.4. The summed E-state index contributed by atoms with van der Waals surface area (Å²) in [5.74, 6) is 1.33. The van der Waals surface area contributed by atoms with Gasteiger partial charge in [0.25, 0.3) is 0 Å². The van der Waals surface area contributed by atoms with E-state index in [2.05, 4.69) is 21.7 Å². The summed E-state index contributed by atoms with van der Waals surface area (Å²) in [4.78, 5) is 4.22. The highest BCUT2D eigenvalue weighted by Crippen LogP contribution is 2.41. The lowest BCUT2D eigenvalue weighted by Gasteiger charge is -2.17. The fourth-order valence-corrected chi connectivity index (χ4v) is 3.48. The second-order valence-corrected chi connectivity index (χ2v) is 8.88. The first-order chi connectivity index (χ1) is 10.8. The Kier molecular flexibility index (Phi) is 5.92. The molecule has 0 bridgehead atoms. The molecule has 3 atom stereocenters. The maximum Gasteiger partial charge on any atom is 0.191 e. The second kappa shape index (κ2) is 7.53. The molecule has 0 amide bonds. The van der Waals surface area contributed by atoms with Crippen LogP contribution in [0.5, 0.6) is 0 Å². The maximum atomic E-state index is 11.2. The van der Waals surface area contributed by atoms with Crippen molar-refractivity contribution in [3.63, 3.8) is 0 Å². The molecule has 0 aromatic heterocycles. The van der Waals surface area contributed by atoms with Crippen LogP contribution in [0, 0.1) is 0 Å². The van der Waals surface area contributed by atoms with Crippen LogP contribution < -0.4 is 10.6 Å². The smallest absolute Gasteiger partial charge is 0.191 e. The maximum absolute atomic E-state index is 11.2. The van der Waals surface area contributed by atoms with E-state index in [1.807, 2.05) is 25.1 Å². The van der Waals surface area contributed by atoms with Crippen LogP contribution in [0.15, 0.2) is 29.3 Å². The molecule has 1 aliphatic carbocycles.